The summed E-state index contributed by atoms with van der Waals surface area (Å²) in [5.41, 5.74) is 2.35. The van der Waals surface area contributed by atoms with E-state index in [0.717, 1.165) is 30.0 Å². The number of likely N-dealkylation sites (tertiary alicyclic amines) is 1. The molecule has 4 rings (SSSR count). The Labute approximate surface area is 170 Å². The normalized spacial score (nSPS) is 15.2. The van der Waals surface area contributed by atoms with Crippen molar-refractivity contribution in [2.45, 2.75) is 18.9 Å². The molecule has 1 aromatic heterocycles. The highest BCUT2D eigenvalue weighted by Crippen LogP contribution is 2.26. The molecule has 3 aromatic rings. The fourth-order valence-electron chi connectivity index (χ4n) is 3.74. The van der Waals surface area contributed by atoms with Crippen molar-refractivity contribution < 1.29 is 14.1 Å². The van der Waals surface area contributed by atoms with E-state index in [9.17, 15) is 4.79 Å². The van der Waals surface area contributed by atoms with E-state index in [4.69, 9.17) is 9.26 Å². The molecule has 1 atom stereocenters. The number of benzene rings is 2. The molecule has 2 aromatic carbocycles. The van der Waals surface area contributed by atoms with Crippen LogP contribution >= 0.6 is 0 Å². The molecule has 1 N–H and O–H groups in total. The van der Waals surface area contributed by atoms with Crippen LogP contribution in [0, 0.1) is 0 Å². The van der Waals surface area contributed by atoms with Crippen LogP contribution in [0.25, 0.3) is 11.3 Å². The summed E-state index contributed by atoms with van der Waals surface area (Å²) in [5, 5.41) is 6.98. The van der Waals surface area contributed by atoms with Gasteiger partial charge in [-0.3, -0.25) is 9.69 Å². The highest BCUT2D eigenvalue weighted by atomic mass is 16.5. The number of carbonyl (C=O) groups excluding carboxylic acids is 1. The van der Waals surface area contributed by atoms with Gasteiger partial charge in [0.05, 0.1) is 13.2 Å². The van der Waals surface area contributed by atoms with E-state index in [-0.39, 0.29) is 11.9 Å². The molecule has 6 heteroatoms. The van der Waals surface area contributed by atoms with Gasteiger partial charge in [-0.1, -0.05) is 47.6 Å². The minimum atomic E-state index is -0.228. The molecule has 1 saturated heterocycles. The number of ether oxygens (including phenoxy) is 1. The van der Waals surface area contributed by atoms with Gasteiger partial charge in [-0.15, -0.1) is 0 Å². The van der Waals surface area contributed by atoms with Gasteiger partial charge in [0.2, 0.25) is 0 Å². The molecular weight excluding hydrogens is 366 g/mol. The Kier molecular flexibility index (Phi) is 5.91. The smallest absolute Gasteiger partial charge is 0.273 e. The number of nitrogens with one attached hydrogen (secondary N) is 1. The highest BCUT2D eigenvalue weighted by Gasteiger charge is 2.25. The van der Waals surface area contributed by atoms with Crippen molar-refractivity contribution in [1.82, 2.24) is 15.4 Å². The summed E-state index contributed by atoms with van der Waals surface area (Å²) in [5.74, 6) is 1.18. The topological polar surface area (TPSA) is 67.6 Å². The van der Waals surface area contributed by atoms with Crippen LogP contribution in [0.4, 0.5) is 0 Å². The third kappa shape index (κ3) is 4.49. The molecule has 150 valence electrons. The van der Waals surface area contributed by atoms with Gasteiger partial charge >= 0.3 is 0 Å². The molecule has 0 spiro atoms. The Morgan fingerprint density at radius 2 is 1.86 bits per heavy atom. The van der Waals surface area contributed by atoms with E-state index in [1.165, 1.54) is 12.8 Å². The van der Waals surface area contributed by atoms with Gasteiger partial charge in [-0.05, 0) is 43.6 Å². The van der Waals surface area contributed by atoms with E-state index < -0.39 is 0 Å². The van der Waals surface area contributed by atoms with E-state index in [1.54, 1.807) is 13.2 Å². The molecule has 6 nitrogen and oxygen atoms in total. The first kappa shape index (κ1) is 19.2. The molecular formula is C23H25N3O3. The second kappa shape index (κ2) is 8.92. The predicted octanol–water partition coefficient (Wildman–Crippen LogP) is 3.92. The summed E-state index contributed by atoms with van der Waals surface area (Å²) in [4.78, 5) is 15.1. The van der Waals surface area contributed by atoms with Crippen LogP contribution in [0.5, 0.6) is 5.75 Å². The third-order valence-electron chi connectivity index (χ3n) is 5.34. The highest BCUT2D eigenvalue weighted by molar-refractivity contribution is 5.93. The first-order valence-electron chi connectivity index (χ1n) is 9.93. The lowest BCUT2D eigenvalue weighted by atomic mass is 10.1. The molecule has 1 unspecified atom stereocenters. The van der Waals surface area contributed by atoms with Gasteiger partial charge in [0.25, 0.3) is 5.91 Å². The summed E-state index contributed by atoms with van der Waals surface area (Å²) in [7, 11) is 1.66. The molecule has 1 amide bonds. The molecule has 1 aliphatic heterocycles. The molecule has 0 bridgehead atoms. The average molecular weight is 391 g/mol. The molecule has 0 saturated carbocycles. The lowest BCUT2D eigenvalue weighted by Crippen LogP contribution is -2.36. The molecule has 1 fully saturated rings. The maximum atomic E-state index is 12.7. The predicted molar refractivity (Wildman–Crippen MR) is 111 cm³/mol. The van der Waals surface area contributed by atoms with Gasteiger partial charge in [-0.25, -0.2) is 0 Å². The van der Waals surface area contributed by atoms with Gasteiger partial charge in [0, 0.05) is 18.2 Å². The van der Waals surface area contributed by atoms with Gasteiger partial charge in [0.15, 0.2) is 11.5 Å². The average Bonchev–Trinajstić information content (AvgIpc) is 3.47. The van der Waals surface area contributed by atoms with Crippen molar-refractivity contribution >= 4 is 5.91 Å². The second-order valence-corrected chi connectivity index (χ2v) is 7.18. The number of hydrogen-bond donors (Lipinski definition) is 1. The second-order valence-electron chi connectivity index (χ2n) is 7.18. The zero-order chi connectivity index (χ0) is 20.1. The van der Waals surface area contributed by atoms with Crippen molar-refractivity contribution in [3.63, 3.8) is 0 Å². The Hall–Kier alpha value is -3.12. The Bertz CT molecular complexity index is 932. The number of hydrogen-bond acceptors (Lipinski definition) is 5. The quantitative estimate of drug-likeness (QED) is 0.661. The Morgan fingerprint density at radius 3 is 2.55 bits per heavy atom. The fraction of sp³-hybridized carbons (Fsp3) is 0.304. The van der Waals surface area contributed by atoms with Gasteiger partial charge < -0.3 is 14.6 Å². The van der Waals surface area contributed by atoms with Crippen molar-refractivity contribution in [3.8, 4) is 17.1 Å². The summed E-state index contributed by atoms with van der Waals surface area (Å²) < 4.78 is 10.6. The maximum absolute atomic E-state index is 12.7. The summed E-state index contributed by atoms with van der Waals surface area (Å²) >= 11 is 0. The van der Waals surface area contributed by atoms with Crippen molar-refractivity contribution in [3.05, 3.63) is 71.9 Å². The Morgan fingerprint density at radius 1 is 1.14 bits per heavy atom. The molecule has 0 aliphatic carbocycles. The summed E-state index contributed by atoms with van der Waals surface area (Å²) in [6.45, 7) is 2.59. The first-order valence-corrected chi connectivity index (χ1v) is 9.93. The molecule has 1 aliphatic rings. The molecule has 0 radical (unpaired) electrons. The zero-order valence-electron chi connectivity index (χ0n) is 16.5. The van der Waals surface area contributed by atoms with Crippen LogP contribution < -0.4 is 10.1 Å². The van der Waals surface area contributed by atoms with Crippen LogP contribution in [0.15, 0.2) is 65.2 Å². The number of amides is 1. The SMILES string of the molecule is COc1ccc(C(CNC(=O)c2cc(-c3ccccc3)on2)N2CCCC2)cc1. The van der Waals surface area contributed by atoms with Crippen molar-refractivity contribution in [2.24, 2.45) is 0 Å². The fourth-order valence-corrected chi connectivity index (χ4v) is 3.74. The van der Waals surface area contributed by atoms with E-state index >= 15 is 0 Å². The molecule has 29 heavy (non-hydrogen) atoms. The number of nitrogens with zero attached hydrogens (tertiary/aromatic N) is 2. The largest absolute Gasteiger partial charge is 0.497 e. The lowest BCUT2D eigenvalue weighted by molar-refractivity contribution is 0.0929. The minimum Gasteiger partial charge on any atom is -0.497 e. The summed E-state index contributed by atoms with van der Waals surface area (Å²) in [6.07, 6.45) is 2.37. The first-order chi connectivity index (χ1) is 14.2. The van der Waals surface area contributed by atoms with Crippen LogP contribution in [0.3, 0.4) is 0 Å². The van der Waals surface area contributed by atoms with Crippen LogP contribution in [0.1, 0.15) is 34.9 Å². The zero-order valence-corrected chi connectivity index (χ0v) is 16.5. The lowest BCUT2D eigenvalue weighted by Gasteiger charge is -2.28. The molecule has 2 heterocycles. The van der Waals surface area contributed by atoms with E-state index in [2.05, 4.69) is 27.5 Å². The number of rotatable bonds is 7. The number of aromatic nitrogens is 1. The number of carbonyl (C=O) groups is 1. The monoisotopic (exact) mass is 391 g/mol. The minimum absolute atomic E-state index is 0.118. The standard InChI is InChI=1S/C23H25N3O3/c1-28-19-11-9-17(10-12-19)21(26-13-5-6-14-26)16-24-23(27)20-15-22(29-25-20)18-7-3-2-4-8-18/h2-4,7-12,15,21H,5-6,13-14,16H2,1H3,(H,24,27). The van der Waals surface area contributed by atoms with E-state index in [0.29, 0.717) is 18.0 Å². The van der Waals surface area contributed by atoms with Gasteiger partial charge in [-0.2, -0.15) is 0 Å². The Balaban J connectivity index is 1.45. The summed E-state index contributed by atoms with van der Waals surface area (Å²) in [6, 6.07) is 19.5. The third-order valence-corrected chi connectivity index (χ3v) is 5.34. The van der Waals surface area contributed by atoms with Crippen LogP contribution in [-0.4, -0.2) is 42.7 Å². The van der Waals surface area contributed by atoms with Crippen LogP contribution in [-0.2, 0) is 0 Å². The van der Waals surface area contributed by atoms with Crippen molar-refractivity contribution in [1.29, 1.82) is 0 Å². The van der Waals surface area contributed by atoms with E-state index in [1.807, 2.05) is 42.5 Å². The van der Waals surface area contributed by atoms with Crippen molar-refractivity contribution in [2.75, 3.05) is 26.7 Å². The van der Waals surface area contributed by atoms with Crippen LogP contribution in [0.2, 0.25) is 0 Å². The van der Waals surface area contributed by atoms with Gasteiger partial charge in [0.1, 0.15) is 5.75 Å². The maximum Gasteiger partial charge on any atom is 0.273 e. The number of methoxy groups -OCH3 is 1.